The lowest BCUT2D eigenvalue weighted by Gasteiger charge is -2.19. The van der Waals surface area contributed by atoms with Crippen LogP contribution in [0.5, 0.6) is 0 Å². The highest BCUT2D eigenvalue weighted by Crippen LogP contribution is 2.16. The van der Waals surface area contributed by atoms with Crippen molar-refractivity contribution in [1.29, 1.82) is 0 Å². The van der Waals surface area contributed by atoms with Crippen LogP contribution in [0.25, 0.3) is 0 Å². The van der Waals surface area contributed by atoms with Gasteiger partial charge in [0.25, 0.3) is 0 Å². The van der Waals surface area contributed by atoms with Gasteiger partial charge in [0.15, 0.2) is 5.96 Å². The van der Waals surface area contributed by atoms with Crippen LogP contribution in [-0.2, 0) is 9.47 Å². The Labute approximate surface area is 150 Å². The second kappa shape index (κ2) is 10.4. The number of ether oxygens (including phenoxy) is 2. The molecule has 25 heavy (non-hydrogen) atoms. The molecule has 1 saturated heterocycles. The molecule has 5 nitrogen and oxygen atoms in total. The van der Waals surface area contributed by atoms with Crippen LogP contribution in [0, 0.1) is 12.7 Å². The van der Waals surface area contributed by atoms with Crippen molar-refractivity contribution in [2.75, 3.05) is 33.4 Å². The van der Waals surface area contributed by atoms with E-state index in [9.17, 15) is 4.39 Å². The Morgan fingerprint density at radius 1 is 1.48 bits per heavy atom. The molecule has 1 aliphatic heterocycles. The van der Waals surface area contributed by atoms with Crippen LogP contribution >= 0.6 is 0 Å². The molecule has 0 bridgehead atoms. The predicted octanol–water partition coefficient (Wildman–Crippen LogP) is 2.95. The SMILES string of the molecule is CN=C(NCCCOCC1CCCO1)NC(C)c1ccc(C)c(F)c1. The minimum absolute atomic E-state index is 0.0305. The molecule has 6 heteroatoms. The minimum Gasteiger partial charge on any atom is -0.379 e. The van der Waals surface area contributed by atoms with Crippen LogP contribution in [0.4, 0.5) is 4.39 Å². The summed E-state index contributed by atoms with van der Waals surface area (Å²) in [6, 6.07) is 5.27. The molecule has 1 aromatic carbocycles. The number of benzene rings is 1. The molecule has 140 valence electrons. The summed E-state index contributed by atoms with van der Waals surface area (Å²) in [5.41, 5.74) is 1.55. The molecule has 0 aromatic heterocycles. The van der Waals surface area contributed by atoms with E-state index in [1.54, 1.807) is 26.1 Å². The topological polar surface area (TPSA) is 54.9 Å². The highest BCUT2D eigenvalue weighted by atomic mass is 19.1. The average molecular weight is 351 g/mol. The molecule has 0 aliphatic carbocycles. The molecule has 0 radical (unpaired) electrons. The minimum atomic E-state index is -0.183. The second-order valence-electron chi connectivity index (χ2n) is 6.44. The number of hydrogen-bond donors (Lipinski definition) is 2. The first kappa shape index (κ1) is 19.7. The van der Waals surface area contributed by atoms with Gasteiger partial charge in [0.1, 0.15) is 5.82 Å². The van der Waals surface area contributed by atoms with Gasteiger partial charge in [0.2, 0.25) is 0 Å². The Hall–Kier alpha value is -1.66. The molecule has 2 unspecified atom stereocenters. The van der Waals surface area contributed by atoms with Crippen molar-refractivity contribution in [3.05, 3.63) is 35.1 Å². The highest BCUT2D eigenvalue weighted by molar-refractivity contribution is 5.80. The molecule has 2 rings (SSSR count). The lowest BCUT2D eigenvalue weighted by molar-refractivity contribution is 0.0168. The van der Waals surface area contributed by atoms with Crippen LogP contribution in [0.1, 0.15) is 43.4 Å². The maximum absolute atomic E-state index is 13.7. The molecule has 1 fully saturated rings. The summed E-state index contributed by atoms with van der Waals surface area (Å²) < 4.78 is 24.9. The van der Waals surface area contributed by atoms with Crippen molar-refractivity contribution in [3.63, 3.8) is 0 Å². The first-order valence-corrected chi connectivity index (χ1v) is 9.02. The standard InChI is InChI=1S/C19H30FN3O2/c1-14-7-8-16(12-18(14)20)15(2)23-19(21-3)22-9-5-10-24-13-17-6-4-11-25-17/h7-8,12,15,17H,4-6,9-11,13H2,1-3H3,(H2,21,22,23). The molecule has 1 aliphatic rings. The predicted molar refractivity (Wildman–Crippen MR) is 98.5 cm³/mol. The molecule has 1 heterocycles. The Kier molecular flexibility index (Phi) is 8.15. The number of aliphatic imine (C=N–C) groups is 1. The summed E-state index contributed by atoms with van der Waals surface area (Å²) in [7, 11) is 1.73. The van der Waals surface area contributed by atoms with E-state index in [0.29, 0.717) is 24.7 Å². The Bertz CT molecular complexity index is 560. The fourth-order valence-electron chi connectivity index (χ4n) is 2.73. The van der Waals surface area contributed by atoms with E-state index in [4.69, 9.17) is 9.47 Å². The van der Waals surface area contributed by atoms with Crippen molar-refractivity contribution >= 4 is 5.96 Å². The third-order valence-corrected chi connectivity index (χ3v) is 4.36. The number of aryl methyl sites for hydroxylation is 1. The van der Waals surface area contributed by atoms with Crippen LogP contribution in [-0.4, -0.2) is 45.5 Å². The van der Waals surface area contributed by atoms with Gasteiger partial charge >= 0.3 is 0 Å². The van der Waals surface area contributed by atoms with E-state index >= 15 is 0 Å². The Morgan fingerprint density at radius 3 is 3.00 bits per heavy atom. The average Bonchev–Trinajstić information content (AvgIpc) is 3.12. The zero-order chi connectivity index (χ0) is 18.1. The third-order valence-electron chi connectivity index (χ3n) is 4.36. The number of nitrogens with zero attached hydrogens (tertiary/aromatic N) is 1. The molecule has 1 aromatic rings. The van der Waals surface area contributed by atoms with E-state index in [-0.39, 0.29) is 18.0 Å². The van der Waals surface area contributed by atoms with Gasteiger partial charge in [0, 0.05) is 26.8 Å². The van der Waals surface area contributed by atoms with E-state index in [2.05, 4.69) is 15.6 Å². The summed E-state index contributed by atoms with van der Waals surface area (Å²) in [5.74, 6) is 0.519. The van der Waals surface area contributed by atoms with Crippen LogP contribution in [0.15, 0.2) is 23.2 Å². The summed E-state index contributed by atoms with van der Waals surface area (Å²) in [5, 5.41) is 6.54. The molecule has 0 saturated carbocycles. The maximum atomic E-state index is 13.7. The number of rotatable bonds is 8. The van der Waals surface area contributed by atoms with Gasteiger partial charge in [-0.05, 0) is 50.3 Å². The third kappa shape index (κ3) is 6.63. The number of halogens is 1. The number of hydrogen-bond acceptors (Lipinski definition) is 3. The summed E-state index contributed by atoms with van der Waals surface area (Å²) >= 11 is 0. The lowest BCUT2D eigenvalue weighted by Crippen LogP contribution is -2.39. The van der Waals surface area contributed by atoms with Crippen molar-refractivity contribution in [2.45, 2.75) is 45.3 Å². The smallest absolute Gasteiger partial charge is 0.191 e. The van der Waals surface area contributed by atoms with Gasteiger partial charge in [-0.3, -0.25) is 4.99 Å². The van der Waals surface area contributed by atoms with Gasteiger partial charge in [-0.25, -0.2) is 4.39 Å². The van der Waals surface area contributed by atoms with E-state index < -0.39 is 0 Å². The fourth-order valence-corrected chi connectivity index (χ4v) is 2.73. The first-order chi connectivity index (χ1) is 12.1. The van der Waals surface area contributed by atoms with Gasteiger partial charge in [-0.15, -0.1) is 0 Å². The highest BCUT2D eigenvalue weighted by Gasteiger charge is 2.15. The largest absolute Gasteiger partial charge is 0.379 e. The molecule has 2 atom stereocenters. The maximum Gasteiger partial charge on any atom is 0.191 e. The van der Waals surface area contributed by atoms with Crippen molar-refractivity contribution < 1.29 is 13.9 Å². The lowest BCUT2D eigenvalue weighted by atomic mass is 10.1. The van der Waals surface area contributed by atoms with Crippen molar-refractivity contribution in [1.82, 2.24) is 10.6 Å². The van der Waals surface area contributed by atoms with E-state index in [1.165, 1.54) is 0 Å². The van der Waals surface area contributed by atoms with E-state index in [1.807, 2.05) is 13.0 Å². The monoisotopic (exact) mass is 351 g/mol. The quantitative estimate of drug-likeness (QED) is 0.430. The molecular weight excluding hydrogens is 321 g/mol. The van der Waals surface area contributed by atoms with Crippen LogP contribution in [0.2, 0.25) is 0 Å². The Balaban J connectivity index is 1.64. The Morgan fingerprint density at radius 2 is 2.32 bits per heavy atom. The summed E-state index contributed by atoms with van der Waals surface area (Å²) in [4.78, 5) is 4.21. The first-order valence-electron chi connectivity index (χ1n) is 9.02. The number of guanidine groups is 1. The molecular formula is C19H30FN3O2. The molecule has 0 amide bonds. The second-order valence-corrected chi connectivity index (χ2v) is 6.44. The number of nitrogens with one attached hydrogen (secondary N) is 2. The summed E-state index contributed by atoms with van der Waals surface area (Å²) in [6.45, 7) is 6.76. The fraction of sp³-hybridized carbons (Fsp3) is 0.632. The van der Waals surface area contributed by atoms with Gasteiger partial charge in [0.05, 0.1) is 18.8 Å². The van der Waals surface area contributed by atoms with Crippen LogP contribution < -0.4 is 10.6 Å². The summed E-state index contributed by atoms with van der Waals surface area (Å²) in [6.07, 6.45) is 3.41. The van der Waals surface area contributed by atoms with Crippen molar-refractivity contribution in [3.8, 4) is 0 Å². The van der Waals surface area contributed by atoms with E-state index in [0.717, 1.165) is 38.0 Å². The molecule has 2 N–H and O–H groups in total. The normalized spacial score (nSPS) is 19.0. The van der Waals surface area contributed by atoms with Crippen molar-refractivity contribution in [2.24, 2.45) is 4.99 Å². The zero-order valence-electron chi connectivity index (χ0n) is 15.5. The molecule has 0 spiro atoms. The van der Waals surface area contributed by atoms with Gasteiger partial charge in [-0.1, -0.05) is 12.1 Å². The van der Waals surface area contributed by atoms with Crippen LogP contribution in [0.3, 0.4) is 0 Å². The van der Waals surface area contributed by atoms with Gasteiger partial charge < -0.3 is 20.1 Å². The zero-order valence-corrected chi connectivity index (χ0v) is 15.5. The van der Waals surface area contributed by atoms with Gasteiger partial charge in [-0.2, -0.15) is 0 Å².